The summed E-state index contributed by atoms with van der Waals surface area (Å²) in [5.41, 5.74) is 2.85. The van der Waals surface area contributed by atoms with Crippen molar-refractivity contribution in [2.45, 2.75) is 12.8 Å². The number of hydrogen-bond donors (Lipinski definition) is 1. The lowest BCUT2D eigenvalue weighted by Gasteiger charge is -2.00. The Morgan fingerprint density at radius 3 is 2.81 bits per heavy atom. The Bertz CT molecular complexity index is 914. The Kier molecular flexibility index (Phi) is 2.71. The molecule has 0 saturated heterocycles. The van der Waals surface area contributed by atoms with Gasteiger partial charge in [0.25, 0.3) is 0 Å². The topological polar surface area (TPSA) is 46.5 Å². The molecule has 0 amide bonds. The summed E-state index contributed by atoms with van der Waals surface area (Å²) < 4.78 is 11.3. The van der Waals surface area contributed by atoms with Gasteiger partial charge in [0.1, 0.15) is 22.7 Å². The van der Waals surface area contributed by atoms with Crippen molar-refractivity contribution >= 4 is 21.9 Å². The molecule has 0 saturated carbocycles. The maximum Gasteiger partial charge on any atom is 0.137 e. The van der Waals surface area contributed by atoms with E-state index in [0.717, 1.165) is 40.5 Å². The van der Waals surface area contributed by atoms with Crippen molar-refractivity contribution < 1.29 is 13.9 Å². The molecule has 0 radical (unpaired) electrons. The Morgan fingerprint density at radius 1 is 0.905 bits per heavy atom. The zero-order chi connectivity index (χ0) is 14.2. The first kappa shape index (κ1) is 12.1. The average molecular weight is 278 g/mol. The van der Waals surface area contributed by atoms with Crippen LogP contribution in [0.2, 0.25) is 0 Å². The molecule has 4 rings (SSSR count). The normalized spacial score (nSPS) is 11.4. The van der Waals surface area contributed by atoms with Gasteiger partial charge < -0.3 is 13.9 Å². The van der Waals surface area contributed by atoms with E-state index in [2.05, 4.69) is 6.07 Å². The number of aryl methyl sites for hydroxylation is 2. The highest BCUT2D eigenvalue weighted by molar-refractivity contribution is 5.81. The van der Waals surface area contributed by atoms with Gasteiger partial charge in [-0.3, -0.25) is 0 Å². The van der Waals surface area contributed by atoms with Crippen molar-refractivity contribution in [3.63, 3.8) is 0 Å². The first-order valence-electron chi connectivity index (χ1n) is 6.96. The molecular weight excluding hydrogens is 264 g/mol. The standard InChI is InChI=1S/C18H14O3/c19-15-6-4-14-10-16(21-17(14)11-15)7-5-12-2-1-3-13-8-9-20-18(12)13/h1-4,6,8-11,19H,5,7H2. The van der Waals surface area contributed by atoms with Gasteiger partial charge >= 0.3 is 0 Å². The molecule has 2 aromatic carbocycles. The third-order valence-corrected chi connectivity index (χ3v) is 3.76. The molecule has 0 aliphatic rings. The summed E-state index contributed by atoms with van der Waals surface area (Å²) in [4.78, 5) is 0. The molecule has 0 aliphatic heterocycles. The van der Waals surface area contributed by atoms with Crippen LogP contribution in [-0.2, 0) is 12.8 Å². The van der Waals surface area contributed by atoms with Crippen molar-refractivity contribution in [3.05, 3.63) is 66.1 Å². The molecule has 0 spiro atoms. The Hall–Kier alpha value is -2.68. The number of fused-ring (bicyclic) bond motifs is 2. The third kappa shape index (κ3) is 2.17. The highest BCUT2D eigenvalue weighted by atomic mass is 16.3. The van der Waals surface area contributed by atoms with Gasteiger partial charge in [0.2, 0.25) is 0 Å². The second-order valence-corrected chi connectivity index (χ2v) is 5.19. The SMILES string of the molecule is Oc1ccc2cc(CCc3cccc4ccoc34)oc2c1. The van der Waals surface area contributed by atoms with Crippen LogP contribution in [0, 0.1) is 0 Å². The van der Waals surface area contributed by atoms with Crippen LogP contribution < -0.4 is 0 Å². The Balaban J connectivity index is 1.61. The number of phenolic OH excluding ortho intramolecular Hbond substituents is 1. The summed E-state index contributed by atoms with van der Waals surface area (Å²) >= 11 is 0. The van der Waals surface area contributed by atoms with E-state index in [-0.39, 0.29) is 5.75 Å². The number of benzene rings is 2. The van der Waals surface area contributed by atoms with E-state index in [1.165, 1.54) is 5.56 Å². The average Bonchev–Trinajstić information content (AvgIpc) is 3.10. The van der Waals surface area contributed by atoms with Gasteiger partial charge in [-0.1, -0.05) is 18.2 Å². The summed E-state index contributed by atoms with van der Waals surface area (Å²) in [6.07, 6.45) is 3.38. The lowest BCUT2D eigenvalue weighted by molar-refractivity contribution is 0.473. The summed E-state index contributed by atoms with van der Waals surface area (Å²) in [6.45, 7) is 0. The van der Waals surface area contributed by atoms with E-state index in [1.54, 1.807) is 18.4 Å². The molecular formula is C18H14O3. The van der Waals surface area contributed by atoms with Crippen LogP contribution in [0.5, 0.6) is 5.75 Å². The molecule has 3 nitrogen and oxygen atoms in total. The molecule has 0 bridgehead atoms. The van der Waals surface area contributed by atoms with Crippen LogP contribution in [0.1, 0.15) is 11.3 Å². The minimum Gasteiger partial charge on any atom is -0.508 e. The van der Waals surface area contributed by atoms with E-state index in [9.17, 15) is 5.11 Å². The first-order chi connectivity index (χ1) is 10.3. The molecule has 2 heterocycles. The number of rotatable bonds is 3. The fraction of sp³-hybridized carbons (Fsp3) is 0.111. The van der Waals surface area contributed by atoms with E-state index < -0.39 is 0 Å². The van der Waals surface area contributed by atoms with Crippen molar-refractivity contribution in [2.75, 3.05) is 0 Å². The molecule has 2 aromatic heterocycles. The van der Waals surface area contributed by atoms with Crippen LogP contribution in [0.25, 0.3) is 21.9 Å². The van der Waals surface area contributed by atoms with Crippen molar-refractivity contribution in [1.29, 1.82) is 0 Å². The van der Waals surface area contributed by atoms with E-state index >= 15 is 0 Å². The Labute approximate surface area is 121 Å². The van der Waals surface area contributed by atoms with Gasteiger partial charge in [-0.05, 0) is 36.2 Å². The quantitative estimate of drug-likeness (QED) is 0.592. The van der Waals surface area contributed by atoms with Crippen LogP contribution in [-0.4, -0.2) is 5.11 Å². The zero-order valence-corrected chi connectivity index (χ0v) is 11.4. The lowest BCUT2D eigenvalue weighted by atomic mass is 10.1. The maximum atomic E-state index is 9.47. The van der Waals surface area contributed by atoms with Crippen LogP contribution in [0.3, 0.4) is 0 Å². The highest BCUT2D eigenvalue weighted by Crippen LogP contribution is 2.26. The number of para-hydroxylation sites is 1. The number of phenols is 1. The summed E-state index contributed by atoms with van der Waals surface area (Å²) in [5.74, 6) is 1.14. The molecule has 104 valence electrons. The van der Waals surface area contributed by atoms with Gasteiger partial charge in [-0.25, -0.2) is 0 Å². The second-order valence-electron chi connectivity index (χ2n) is 5.19. The third-order valence-electron chi connectivity index (χ3n) is 3.76. The van der Waals surface area contributed by atoms with Crippen molar-refractivity contribution in [2.24, 2.45) is 0 Å². The smallest absolute Gasteiger partial charge is 0.137 e. The fourth-order valence-electron chi connectivity index (χ4n) is 2.71. The first-order valence-corrected chi connectivity index (χ1v) is 6.96. The summed E-state index contributed by atoms with van der Waals surface area (Å²) in [6, 6.07) is 15.4. The van der Waals surface area contributed by atoms with Gasteiger partial charge in [0.15, 0.2) is 0 Å². The number of furan rings is 2. The van der Waals surface area contributed by atoms with E-state index in [1.807, 2.05) is 30.3 Å². The highest BCUT2D eigenvalue weighted by Gasteiger charge is 2.08. The predicted octanol–water partition coefficient (Wildman–Crippen LogP) is 4.67. The van der Waals surface area contributed by atoms with Crippen LogP contribution in [0.15, 0.2) is 63.6 Å². The van der Waals surface area contributed by atoms with Gasteiger partial charge in [0.05, 0.1) is 6.26 Å². The minimum atomic E-state index is 0.226. The maximum absolute atomic E-state index is 9.47. The molecule has 21 heavy (non-hydrogen) atoms. The largest absolute Gasteiger partial charge is 0.508 e. The monoisotopic (exact) mass is 278 g/mol. The molecule has 0 fully saturated rings. The summed E-state index contributed by atoms with van der Waals surface area (Å²) in [7, 11) is 0. The number of aromatic hydroxyl groups is 1. The predicted molar refractivity (Wildman–Crippen MR) is 81.5 cm³/mol. The van der Waals surface area contributed by atoms with Gasteiger partial charge in [-0.2, -0.15) is 0 Å². The Morgan fingerprint density at radius 2 is 1.86 bits per heavy atom. The molecule has 4 aromatic rings. The second kappa shape index (κ2) is 4.70. The van der Waals surface area contributed by atoms with Gasteiger partial charge in [0, 0.05) is 23.3 Å². The van der Waals surface area contributed by atoms with Crippen LogP contribution >= 0.6 is 0 Å². The summed E-state index contributed by atoms with van der Waals surface area (Å²) in [5, 5.41) is 11.6. The molecule has 1 N–H and O–H groups in total. The van der Waals surface area contributed by atoms with Crippen molar-refractivity contribution in [1.82, 2.24) is 0 Å². The lowest BCUT2D eigenvalue weighted by Crippen LogP contribution is -1.89. The molecule has 0 unspecified atom stereocenters. The molecule has 0 atom stereocenters. The van der Waals surface area contributed by atoms with E-state index in [0.29, 0.717) is 0 Å². The number of hydrogen-bond acceptors (Lipinski definition) is 3. The van der Waals surface area contributed by atoms with E-state index in [4.69, 9.17) is 8.83 Å². The fourth-order valence-corrected chi connectivity index (χ4v) is 2.71. The van der Waals surface area contributed by atoms with Crippen LogP contribution in [0.4, 0.5) is 0 Å². The molecule has 0 aliphatic carbocycles. The van der Waals surface area contributed by atoms with Gasteiger partial charge in [-0.15, -0.1) is 0 Å². The zero-order valence-electron chi connectivity index (χ0n) is 11.4. The van der Waals surface area contributed by atoms with Crippen molar-refractivity contribution in [3.8, 4) is 5.75 Å². The molecule has 3 heteroatoms. The minimum absolute atomic E-state index is 0.226.